The molecule has 0 aliphatic heterocycles. The number of aliphatic hydroxyl groups excluding tert-OH is 1. The summed E-state index contributed by atoms with van der Waals surface area (Å²) < 4.78 is 0. The Balaban J connectivity index is 5.83. The fraction of sp³-hybridized carbons (Fsp3) is 0.636. The SMILES string of the molecule is CC(NC(=O)C(CCCN=C(N)N)NC(=O)C(CCCN=C(N)N)NC(=O)C(CO)NC(=O)C(N)CC(=O)O)C(=O)O. The third-order valence-corrected chi connectivity index (χ3v) is 5.43. The molecule has 20 heteroatoms. The Hall–Kier alpha value is -4.72. The number of aliphatic hydroxyl groups is 1. The van der Waals surface area contributed by atoms with Crippen molar-refractivity contribution in [2.24, 2.45) is 38.7 Å². The largest absolute Gasteiger partial charge is 0.481 e. The first kappa shape index (κ1) is 37.3. The van der Waals surface area contributed by atoms with Gasteiger partial charge < -0.3 is 65.3 Å². The van der Waals surface area contributed by atoms with Crippen molar-refractivity contribution in [1.29, 1.82) is 0 Å². The molecule has 0 aromatic heterocycles. The van der Waals surface area contributed by atoms with Gasteiger partial charge >= 0.3 is 11.9 Å². The van der Waals surface area contributed by atoms with E-state index in [0.717, 1.165) is 0 Å². The first-order valence-electron chi connectivity index (χ1n) is 12.7. The molecule has 0 fully saturated rings. The quantitative estimate of drug-likeness (QED) is 0.0350. The molecule has 0 aromatic rings. The number of hydrogen-bond acceptors (Lipinski definition) is 10. The van der Waals surface area contributed by atoms with Crippen LogP contribution >= 0.6 is 0 Å². The molecule has 17 N–H and O–H groups in total. The van der Waals surface area contributed by atoms with Gasteiger partial charge in [-0.15, -0.1) is 0 Å². The number of carbonyl (C=O) groups excluding carboxylic acids is 4. The average molecular weight is 604 g/mol. The monoisotopic (exact) mass is 603 g/mol. The molecule has 0 bridgehead atoms. The predicted molar refractivity (Wildman–Crippen MR) is 148 cm³/mol. The zero-order chi connectivity index (χ0) is 32.4. The van der Waals surface area contributed by atoms with Gasteiger partial charge in [0.1, 0.15) is 24.2 Å². The number of aliphatic imine (C=N–C) groups is 2. The number of nitrogens with one attached hydrogen (secondary N) is 4. The molecule has 5 unspecified atom stereocenters. The van der Waals surface area contributed by atoms with Gasteiger partial charge in [-0.3, -0.25) is 38.8 Å². The van der Waals surface area contributed by atoms with Crippen LogP contribution < -0.4 is 49.9 Å². The highest BCUT2D eigenvalue weighted by Crippen LogP contribution is 2.05. The number of nitrogens with zero attached hydrogens (tertiary/aromatic N) is 2. The molecule has 5 atom stereocenters. The van der Waals surface area contributed by atoms with Gasteiger partial charge in [-0.1, -0.05) is 0 Å². The predicted octanol–water partition coefficient (Wildman–Crippen LogP) is -6.07. The standard InChI is InChI=1S/C22H41N11O9/c1-10(20(41)42)30-17(38)12(4-2-6-28-21(24)25)31-18(39)13(5-3-7-29-22(26)27)32-19(40)14(9-34)33-16(37)11(23)8-15(35)36/h10-14,34H,2-9,23H2,1H3,(H,30,38)(H,31,39)(H,32,40)(H,33,37)(H,35,36)(H,41,42)(H4,24,25,28)(H4,26,27,29). The molecule has 0 aliphatic carbocycles. The van der Waals surface area contributed by atoms with Crippen molar-refractivity contribution in [1.82, 2.24) is 21.3 Å². The lowest BCUT2D eigenvalue weighted by molar-refractivity contribution is -0.142. The Labute approximate surface area is 240 Å². The second-order valence-corrected chi connectivity index (χ2v) is 9.04. The maximum Gasteiger partial charge on any atom is 0.325 e. The lowest BCUT2D eigenvalue weighted by Gasteiger charge is -2.25. The fourth-order valence-electron chi connectivity index (χ4n) is 3.22. The second kappa shape index (κ2) is 19.4. The van der Waals surface area contributed by atoms with Gasteiger partial charge in [0.15, 0.2) is 11.9 Å². The van der Waals surface area contributed by atoms with Gasteiger partial charge in [0.05, 0.1) is 19.1 Å². The molecular formula is C22H41N11O9. The van der Waals surface area contributed by atoms with Crippen LogP contribution in [0.4, 0.5) is 0 Å². The van der Waals surface area contributed by atoms with Gasteiger partial charge in [-0.25, -0.2) is 0 Å². The summed E-state index contributed by atoms with van der Waals surface area (Å²) in [6, 6.07) is -7.04. The summed E-state index contributed by atoms with van der Waals surface area (Å²) in [4.78, 5) is 80.6. The number of carboxylic acid groups (broad SMARTS) is 2. The molecule has 0 aliphatic rings. The van der Waals surface area contributed by atoms with E-state index in [4.69, 9.17) is 38.9 Å². The Morgan fingerprint density at radius 1 is 0.690 bits per heavy atom. The molecular weight excluding hydrogens is 562 g/mol. The van der Waals surface area contributed by atoms with Crippen molar-refractivity contribution in [2.45, 2.75) is 69.2 Å². The molecule has 42 heavy (non-hydrogen) atoms. The van der Waals surface area contributed by atoms with E-state index in [1.165, 1.54) is 6.92 Å². The molecule has 0 radical (unpaired) electrons. The van der Waals surface area contributed by atoms with Crippen LogP contribution in [0.1, 0.15) is 39.0 Å². The van der Waals surface area contributed by atoms with Crippen LogP contribution in [0.3, 0.4) is 0 Å². The van der Waals surface area contributed by atoms with E-state index in [1.54, 1.807) is 0 Å². The molecule has 4 amide bonds. The minimum absolute atomic E-state index is 0.0217. The van der Waals surface area contributed by atoms with Crippen LogP contribution in [0.25, 0.3) is 0 Å². The summed E-state index contributed by atoms with van der Waals surface area (Å²) in [7, 11) is 0. The Morgan fingerprint density at radius 2 is 1.10 bits per heavy atom. The molecule has 0 aromatic carbocycles. The summed E-state index contributed by atoms with van der Waals surface area (Å²) in [5.74, 6) is -6.86. The topological polar surface area (TPSA) is 366 Å². The number of guanidine groups is 2. The lowest BCUT2D eigenvalue weighted by Crippen LogP contribution is -2.59. The van der Waals surface area contributed by atoms with E-state index >= 15 is 0 Å². The zero-order valence-corrected chi connectivity index (χ0v) is 23.1. The highest BCUT2D eigenvalue weighted by molar-refractivity contribution is 5.95. The van der Waals surface area contributed by atoms with E-state index in [-0.39, 0.29) is 50.7 Å². The van der Waals surface area contributed by atoms with Crippen molar-refractivity contribution in [2.75, 3.05) is 19.7 Å². The van der Waals surface area contributed by atoms with Crippen LogP contribution in [-0.4, -0.2) is 113 Å². The van der Waals surface area contributed by atoms with E-state index in [1.807, 2.05) is 0 Å². The number of aliphatic carboxylic acids is 2. The van der Waals surface area contributed by atoms with Crippen LogP contribution in [0.2, 0.25) is 0 Å². The smallest absolute Gasteiger partial charge is 0.325 e. The molecule has 0 saturated carbocycles. The Morgan fingerprint density at radius 3 is 1.48 bits per heavy atom. The number of rotatable bonds is 20. The van der Waals surface area contributed by atoms with Crippen LogP contribution in [0.15, 0.2) is 9.98 Å². The number of carboxylic acids is 2. The molecule has 0 saturated heterocycles. The van der Waals surface area contributed by atoms with Crippen molar-refractivity contribution >= 4 is 47.5 Å². The normalized spacial score (nSPS) is 14.1. The van der Waals surface area contributed by atoms with E-state index in [0.29, 0.717) is 0 Å². The van der Waals surface area contributed by atoms with Crippen LogP contribution in [0.5, 0.6) is 0 Å². The molecule has 0 heterocycles. The van der Waals surface area contributed by atoms with Gasteiger partial charge in [0, 0.05) is 13.1 Å². The lowest BCUT2D eigenvalue weighted by atomic mass is 10.1. The number of nitrogens with two attached hydrogens (primary N) is 5. The molecule has 0 spiro atoms. The number of hydrogen-bond donors (Lipinski definition) is 12. The third kappa shape index (κ3) is 15.8. The van der Waals surface area contributed by atoms with E-state index in [9.17, 15) is 33.9 Å². The highest BCUT2D eigenvalue weighted by Gasteiger charge is 2.31. The Kier molecular flexibility index (Phi) is 17.2. The first-order valence-corrected chi connectivity index (χ1v) is 12.7. The Bertz CT molecular complexity index is 1010. The molecule has 238 valence electrons. The summed E-state index contributed by atoms with van der Waals surface area (Å²) in [5.41, 5.74) is 26.6. The van der Waals surface area contributed by atoms with E-state index in [2.05, 4.69) is 31.3 Å². The zero-order valence-electron chi connectivity index (χ0n) is 23.1. The van der Waals surface area contributed by atoms with Crippen molar-refractivity contribution in [3.8, 4) is 0 Å². The van der Waals surface area contributed by atoms with Crippen molar-refractivity contribution in [3.05, 3.63) is 0 Å². The summed E-state index contributed by atoms with van der Waals surface area (Å²) >= 11 is 0. The van der Waals surface area contributed by atoms with Gasteiger partial charge in [-0.2, -0.15) is 0 Å². The van der Waals surface area contributed by atoms with Crippen LogP contribution in [-0.2, 0) is 28.8 Å². The maximum atomic E-state index is 13.2. The molecule has 20 nitrogen and oxygen atoms in total. The minimum atomic E-state index is -1.61. The summed E-state index contributed by atoms with van der Waals surface area (Å²) in [6.45, 7) is 0.446. The number of carbonyl (C=O) groups is 6. The molecule has 0 rings (SSSR count). The van der Waals surface area contributed by atoms with Gasteiger partial charge in [-0.05, 0) is 32.6 Å². The fourth-order valence-corrected chi connectivity index (χ4v) is 3.22. The average Bonchev–Trinajstić information content (AvgIpc) is 2.89. The number of amides is 4. The third-order valence-electron chi connectivity index (χ3n) is 5.43. The highest BCUT2D eigenvalue weighted by atomic mass is 16.4. The van der Waals surface area contributed by atoms with Crippen molar-refractivity contribution < 1.29 is 44.1 Å². The van der Waals surface area contributed by atoms with Gasteiger partial charge in [0.25, 0.3) is 0 Å². The van der Waals surface area contributed by atoms with Crippen LogP contribution in [0, 0.1) is 0 Å². The summed E-state index contributed by atoms with van der Waals surface area (Å²) in [5, 5.41) is 36.7. The first-order chi connectivity index (χ1) is 19.6. The maximum absolute atomic E-state index is 13.2. The second-order valence-electron chi connectivity index (χ2n) is 9.04. The van der Waals surface area contributed by atoms with E-state index < -0.39 is 78.8 Å². The van der Waals surface area contributed by atoms with Crippen molar-refractivity contribution in [3.63, 3.8) is 0 Å². The summed E-state index contributed by atoms with van der Waals surface area (Å²) in [6.07, 6.45) is -0.477. The minimum Gasteiger partial charge on any atom is -0.481 e. The van der Waals surface area contributed by atoms with Gasteiger partial charge in [0.2, 0.25) is 23.6 Å².